The van der Waals surface area contributed by atoms with Crippen molar-refractivity contribution in [3.8, 4) is 0 Å². The van der Waals surface area contributed by atoms with Crippen LogP contribution >= 0.6 is 0 Å². The molecule has 0 saturated carbocycles. The van der Waals surface area contributed by atoms with Crippen molar-refractivity contribution in [2.24, 2.45) is 5.92 Å². The van der Waals surface area contributed by atoms with Gasteiger partial charge < -0.3 is 10.1 Å². The maximum Gasteiger partial charge on any atom is 0.0588 e. The Kier molecular flexibility index (Phi) is 7.87. The summed E-state index contributed by atoms with van der Waals surface area (Å²) in [5.41, 5.74) is 0. The lowest BCUT2D eigenvalue weighted by molar-refractivity contribution is 0.105. The smallest absolute Gasteiger partial charge is 0.0588 e. The standard InChI is InChI=1S/C14H29NO/c1-3-4-5-6-7-8-10-15-12-14-9-11-16-13(14)2/h13-15H,3-12H2,1-2H3. The molecule has 1 N–H and O–H groups in total. The van der Waals surface area contributed by atoms with E-state index in [0.29, 0.717) is 6.10 Å². The third-order valence-corrected chi connectivity index (χ3v) is 3.65. The lowest BCUT2D eigenvalue weighted by Crippen LogP contribution is -2.27. The van der Waals surface area contributed by atoms with E-state index in [4.69, 9.17) is 4.74 Å². The number of hydrogen-bond acceptors (Lipinski definition) is 2. The minimum Gasteiger partial charge on any atom is -0.378 e. The van der Waals surface area contributed by atoms with Gasteiger partial charge in [0.25, 0.3) is 0 Å². The molecule has 96 valence electrons. The van der Waals surface area contributed by atoms with Crippen molar-refractivity contribution in [3.63, 3.8) is 0 Å². The van der Waals surface area contributed by atoms with Crippen LogP contribution in [0.1, 0.15) is 58.8 Å². The summed E-state index contributed by atoms with van der Waals surface area (Å²) in [4.78, 5) is 0. The van der Waals surface area contributed by atoms with Gasteiger partial charge in [-0.25, -0.2) is 0 Å². The topological polar surface area (TPSA) is 21.3 Å². The maximum atomic E-state index is 5.55. The molecule has 2 atom stereocenters. The second-order valence-electron chi connectivity index (χ2n) is 5.10. The first-order chi connectivity index (χ1) is 7.84. The van der Waals surface area contributed by atoms with Gasteiger partial charge in [-0.3, -0.25) is 0 Å². The van der Waals surface area contributed by atoms with E-state index in [0.717, 1.165) is 19.1 Å². The van der Waals surface area contributed by atoms with Crippen LogP contribution in [-0.2, 0) is 4.74 Å². The van der Waals surface area contributed by atoms with Crippen LogP contribution in [0.2, 0.25) is 0 Å². The quantitative estimate of drug-likeness (QED) is 0.610. The molecule has 2 nitrogen and oxygen atoms in total. The Morgan fingerprint density at radius 1 is 1.12 bits per heavy atom. The molecule has 0 radical (unpaired) electrons. The molecule has 0 aromatic rings. The molecule has 1 rings (SSSR count). The van der Waals surface area contributed by atoms with Gasteiger partial charge in [-0.2, -0.15) is 0 Å². The molecule has 0 amide bonds. The average Bonchev–Trinajstić information content (AvgIpc) is 2.68. The van der Waals surface area contributed by atoms with Crippen LogP contribution < -0.4 is 5.32 Å². The normalized spacial score (nSPS) is 25.1. The van der Waals surface area contributed by atoms with Gasteiger partial charge in [-0.15, -0.1) is 0 Å². The third kappa shape index (κ3) is 5.86. The number of hydrogen-bond donors (Lipinski definition) is 1. The maximum absolute atomic E-state index is 5.55. The molecule has 1 saturated heterocycles. The lowest BCUT2D eigenvalue weighted by Gasteiger charge is -2.14. The molecule has 0 bridgehead atoms. The highest BCUT2D eigenvalue weighted by molar-refractivity contribution is 4.74. The van der Waals surface area contributed by atoms with Gasteiger partial charge in [0, 0.05) is 13.2 Å². The van der Waals surface area contributed by atoms with Gasteiger partial charge in [0.2, 0.25) is 0 Å². The first-order valence-corrected chi connectivity index (χ1v) is 7.17. The van der Waals surface area contributed by atoms with Crippen molar-refractivity contribution in [2.75, 3.05) is 19.7 Å². The molecule has 0 aromatic carbocycles. The molecule has 0 spiro atoms. The summed E-state index contributed by atoms with van der Waals surface area (Å²) in [5.74, 6) is 0.750. The van der Waals surface area contributed by atoms with Crippen molar-refractivity contribution in [3.05, 3.63) is 0 Å². The highest BCUT2D eigenvalue weighted by Gasteiger charge is 2.23. The molecule has 0 aromatic heterocycles. The number of unbranched alkanes of at least 4 members (excludes halogenated alkanes) is 5. The van der Waals surface area contributed by atoms with Crippen molar-refractivity contribution >= 4 is 0 Å². The molecule has 1 aliphatic heterocycles. The molecule has 1 heterocycles. The Balaban J connectivity index is 1.81. The zero-order valence-electron chi connectivity index (χ0n) is 11.1. The Labute approximate surface area is 101 Å². The fourth-order valence-corrected chi connectivity index (χ4v) is 2.36. The molecule has 0 aliphatic carbocycles. The van der Waals surface area contributed by atoms with Gasteiger partial charge >= 0.3 is 0 Å². The van der Waals surface area contributed by atoms with Crippen LogP contribution in [0.5, 0.6) is 0 Å². The molecule has 16 heavy (non-hydrogen) atoms. The zero-order chi connectivity index (χ0) is 11.6. The predicted molar refractivity (Wildman–Crippen MR) is 69.8 cm³/mol. The van der Waals surface area contributed by atoms with Gasteiger partial charge in [0.1, 0.15) is 0 Å². The Morgan fingerprint density at radius 3 is 2.56 bits per heavy atom. The Morgan fingerprint density at radius 2 is 1.88 bits per heavy atom. The fourth-order valence-electron chi connectivity index (χ4n) is 2.36. The summed E-state index contributed by atoms with van der Waals surface area (Å²) < 4.78 is 5.55. The number of rotatable bonds is 9. The number of nitrogens with one attached hydrogen (secondary N) is 1. The van der Waals surface area contributed by atoms with Gasteiger partial charge in [-0.1, -0.05) is 39.0 Å². The fraction of sp³-hybridized carbons (Fsp3) is 1.00. The molecular weight excluding hydrogens is 198 g/mol. The van der Waals surface area contributed by atoms with Crippen molar-refractivity contribution in [1.29, 1.82) is 0 Å². The second kappa shape index (κ2) is 9.00. The van der Waals surface area contributed by atoms with Crippen LogP contribution in [0.25, 0.3) is 0 Å². The molecule has 2 unspecified atom stereocenters. The second-order valence-corrected chi connectivity index (χ2v) is 5.10. The summed E-state index contributed by atoms with van der Waals surface area (Å²) >= 11 is 0. The van der Waals surface area contributed by atoms with E-state index in [9.17, 15) is 0 Å². The predicted octanol–water partition coefficient (Wildman–Crippen LogP) is 3.36. The van der Waals surface area contributed by atoms with Gasteiger partial charge in [-0.05, 0) is 32.2 Å². The van der Waals surface area contributed by atoms with Crippen LogP contribution in [0.3, 0.4) is 0 Å². The van der Waals surface area contributed by atoms with Crippen molar-refractivity contribution < 1.29 is 4.74 Å². The van der Waals surface area contributed by atoms with E-state index in [1.54, 1.807) is 0 Å². The van der Waals surface area contributed by atoms with E-state index < -0.39 is 0 Å². The SMILES string of the molecule is CCCCCCCCNCC1CCOC1C. The summed E-state index contributed by atoms with van der Waals surface area (Å²) in [7, 11) is 0. The largest absolute Gasteiger partial charge is 0.378 e. The summed E-state index contributed by atoms with van der Waals surface area (Å²) in [6, 6.07) is 0. The van der Waals surface area contributed by atoms with Crippen LogP contribution in [-0.4, -0.2) is 25.8 Å². The molecule has 1 aliphatic rings. The zero-order valence-corrected chi connectivity index (χ0v) is 11.1. The van der Waals surface area contributed by atoms with Crippen LogP contribution in [0.4, 0.5) is 0 Å². The van der Waals surface area contributed by atoms with E-state index in [2.05, 4.69) is 19.2 Å². The van der Waals surface area contributed by atoms with Crippen LogP contribution in [0, 0.1) is 5.92 Å². The third-order valence-electron chi connectivity index (χ3n) is 3.65. The first kappa shape index (κ1) is 14.0. The van der Waals surface area contributed by atoms with E-state index >= 15 is 0 Å². The monoisotopic (exact) mass is 227 g/mol. The van der Waals surface area contributed by atoms with Gasteiger partial charge in [0.05, 0.1) is 6.10 Å². The van der Waals surface area contributed by atoms with Crippen molar-refractivity contribution in [1.82, 2.24) is 5.32 Å². The molecule has 1 fully saturated rings. The lowest BCUT2D eigenvalue weighted by atomic mass is 10.0. The Bertz CT molecular complexity index is 161. The van der Waals surface area contributed by atoms with Crippen LogP contribution in [0.15, 0.2) is 0 Å². The summed E-state index contributed by atoms with van der Waals surface area (Å²) in [5, 5.41) is 3.57. The van der Waals surface area contributed by atoms with E-state index in [1.165, 1.54) is 51.5 Å². The highest BCUT2D eigenvalue weighted by atomic mass is 16.5. The molecular formula is C14H29NO. The minimum absolute atomic E-state index is 0.469. The van der Waals surface area contributed by atoms with E-state index in [-0.39, 0.29) is 0 Å². The van der Waals surface area contributed by atoms with E-state index in [1.807, 2.05) is 0 Å². The summed E-state index contributed by atoms with van der Waals surface area (Å²) in [6.07, 6.45) is 10.0. The first-order valence-electron chi connectivity index (χ1n) is 7.17. The Hall–Kier alpha value is -0.0800. The minimum atomic E-state index is 0.469. The highest BCUT2D eigenvalue weighted by Crippen LogP contribution is 2.19. The van der Waals surface area contributed by atoms with Gasteiger partial charge in [0.15, 0.2) is 0 Å². The van der Waals surface area contributed by atoms with Crippen molar-refractivity contribution in [2.45, 2.75) is 64.9 Å². The number of ether oxygens (including phenoxy) is 1. The molecule has 2 heteroatoms. The summed E-state index contributed by atoms with van der Waals surface area (Å²) in [6.45, 7) is 7.77. The average molecular weight is 227 g/mol.